The summed E-state index contributed by atoms with van der Waals surface area (Å²) in [6.45, 7) is 0.888. The molecule has 13 heteroatoms. The van der Waals surface area contributed by atoms with Crippen molar-refractivity contribution in [3.63, 3.8) is 0 Å². The molecule has 2 aromatic rings. The molecule has 2 aromatic carbocycles. The van der Waals surface area contributed by atoms with E-state index in [0.29, 0.717) is 11.1 Å². The molecule has 4 rings (SSSR count). The summed E-state index contributed by atoms with van der Waals surface area (Å²) in [7, 11) is -5.09. The van der Waals surface area contributed by atoms with Crippen LogP contribution in [0.25, 0.3) is 0 Å². The summed E-state index contributed by atoms with van der Waals surface area (Å²) in [4.78, 5) is 22.4. The quantitative estimate of drug-likeness (QED) is 0.462. The average Bonchev–Trinajstić information content (AvgIpc) is 3.55. The van der Waals surface area contributed by atoms with E-state index in [-0.39, 0.29) is 29.8 Å². The van der Waals surface area contributed by atoms with Crippen molar-refractivity contribution in [1.29, 1.82) is 0 Å². The predicted molar refractivity (Wildman–Crippen MR) is 110 cm³/mol. The first-order chi connectivity index (χ1) is 15.8. The molecule has 0 saturated heterocycles. The lowest BCUT2D eigenvalue weighted by Crippen LogP contribution is -2.36. The van der Waals surface area contributed by atoms with Crippen molar-refractivity contribution in [2.45, 2.75) is 36.9 Å². The van der Waals surface area contributed by atoms with E-state index in [1.54, 1.807) is 5.32 Å². The number of anilines is 1. The van der Waals surface area contributed by atoms with Crippen molar-refractivity contribution in [2.75, 3.05) is 11.1 Å². The van der Waals surface area contributed by atoms with E-state index in [0.717, 1.165) is 18.6 Å². The van der Waals surface area contributed by atoms with E-state index < -0.39 is 55.3 Å². The highest BCUT2D eigenvalue weighted by Gasteiger charge is 2.46. The van der Waals surface area contributed by atoms with Crippen LogP contribution in [-0.4, -0.2) is 38.2 Å². The van der Waals surface area contributed by atoms with Crippen LogP contribution in [0.4, 0.5) is 23.3 Å². The Morgan fingerprint density at radius 3 is 2.59 bits per heavy atom. The number of nitrogens with one attached hydrogen (secondary N) is 1. The van der Waals surface area contributed by atoms with Crippen LogP contribution in [0.1, 0.15) is 39.4 Å². The Bertz CT molecular complexity index is 1290. The SMILES string of the molecule is Cc1ccc(S(=O)(=O)N(F)c2ccc3c(c2C(=O)O)OC[C@@H]2C[C@H]32)c(CNC(=O)C(F)(F)F)c1. The van der Waals surface area contributed by atoms with E-state index in [4.69, 9.17) is 4.74 Å². The van der Waals surface area contributed by atoms with Gasteiger partial charge in [0.25, 0.3) is 10.0 Å². The highest BCUT2D eigenvalue weighted by molar-refractivity contribution is 7.92. The van der Waals surface area contributed by atoms with Crippen molar-refractivity contribution in [1.82, 2.24) is 5.32 Å². The van der Waals surface area contributed by atoms with Gasteiger partial charge in [0.05, 0.1) is 11.5 Å². The minimum atomic E-state index is -5.20. The Hall–Kier alpha value is -3.35. The Kier molecular flexibility index (Phi) is 5.70. The normalized spacial score (nSPS) is 18.9. The zero-order valence-corrected chi connectivity index (χ0v) is 18.3. The maximum atomic E-state index is 15.4. The molecule has 8 nitrogen and oxygen atoms in total. The van der Waals surface area contributed by atoms with Crippen molar-refractivity contribution in [3.8, 4) is 5.75 Å². The number of nitrogens with zero attached hydrogens (tertiary/aromatic N) is 1. The van der Waals surface area contributed by atoms with Gasteiger partial charge in [0.15, 0.2) is 0 Å². The molecule has 2 aliphatic rings. The van der Waals surface area contributed by atoms with E-state index in [1.165, 1.54) is 25.1 Å². The van der Waals surface area contributed by atoms with Crippen LogP contribution in [0, 0.1) is 12.8 Å². The molecule has 0 radical (unpaired) electrons. The first-order valence-corrected chi connectivity index (χ1v) is 11.4. The molecule has 0 spiro atoms. The Labute approximate surface area is 191 Å². The third-order valence-corrected chi connectivity index (χ3v) is 7.31. The minimum Gasteiger partial charge on any atom is -0.492 e. The van der Waals surface area contributed by atoms with Gasteiger partial charge in [-0.2, -0.15) is 21.6 Å². The lowest BCUT2D eigenvalue weighted by Gasteiger charge is -2.23. The number of carboxylic acid groups (broad SMARTS) is 1. The number of halogens is 4. The average molecular weight is 502 g/mol. The van der Waals surface area contributed by atoms with Gasteiger partial charge in [-0.3, -0.25) is 4.79 Å². The lowest BCUT2D eigenvalue weighted by atomic mass is 10.0. The summed E-state index contributed by atoms with van der Waals surface area (Å²) in [5.74, 6) is -3.73. The van der Waals surface area contributed by atoms with Gasteiger partial charge in [-0.1, -0.05) is 32.8 Å². The molecule has 2 atom stereocenters. The maximum absolute atomic E-state index is 15.4. The van der Waals surface area contributed by atoms with Crippen LogP contribution < -0.4 is 14.6 Å². The van der Waals surface area contributed by atoms with Gasteiger partial charge in [-0.05, 0) is 42.5 Å². The molecule has 0 unspecified atom stereocenters. The molecule has 1 fully saturated rings. The Morgan fingerprint density at radius 1 is 1.24 bits per heavy atom. The Morgan fingerprint density at radius 2 is 1.94 bits per heavy atom. The zero-order chi connectivity index (χ0) is 25.0. The molecular formula is C21H18F4N2O6S. The fraction of sp³-hybridized carbons (Fsp3) is 0.333. The molecule has 1 aliphatic carbocycles. The number of carbonyl (C=O) groups is 2. The fourth-order valence-electron chi connectivity index (χ4n) is 3.98. The number of hydrogen-bond donors (Lipinski definition) is 2. The van der Waals surface area contributed by atoms with E-state index in [9.17, 15) is 36.3 Å². The summed E-state index contributed by atoms with van der Waals surface area (Å²) < 4.78 is 84.0. The number of carboxylic acids is 1. The molecule has 182 valence electrons. The number of sulfonamides is 1. The number of alkyl halides is 3. The lowest BCUT2D eigenvalue weighted by molar-refractivity contribution is -0.173. The number of ether oxygens (including phenoxy) is 1. The molecular weight excluding hydrogens is 484 g/mol. The number of hydrogen-bond acceptors (Lipinski definition) is 5. The highest BCUT2D eigenvalue weighted by Crippen LogP contribution is 2.55. The Balaban J connectivity index is 1.73. The second-order valence-corrected chi connectivity index (χ2v) is 9.82. The molecule has 1 aliphatic heterocycles. The maximum Gasteiger partial charge on any atom is 0.471 e. The number of rotatable bonds is 6. The van der Waals surface area contributed by atoms with Crippen LogP contribution in [0.3, 0.4) is 0 Å². The largest absolute Gasteiger partial charge is 0.492 e. The summed E-state index contributed by atoms with van der Waals surface area (Å²) in [5.41, 5.74) is -0.807. The third kappa shape index (κ3) is 4.15. The highest BCUT2D eigenvalue weighted by atomic mass is 32.2. The number of carbonyl (C=O) groups excluding carboxylic acids is 1. The first kappa shape index (κ1) is 23.8. The zero-order valence-electron chi connectivity index (χ0n) is 17.5. The van der Waals surface area contributed by atoms with Crippen molar-refractivity contribution >= 4 is 27.6 Å². The second kappa shape index (κ2) is 8.15. The van der Waals surface area contributed by atoms with Crippen LogP contribution in [-0.2, 0) is 21.4 Å². The number of amides is 1. The van der Waals surface area contributed by atoms with Crippen LogP contribution in [0.5, 0.6) is 5.75 Å². The summed E-state index contributed by atoms with van der Waals surface area (Å²) in [5, 5.41) is 11.3. The summed E-state index contributed by atoms with van der Waals surface area (Å²) >= 11 is 0. The number of aromatic carboxylic acids is 1. The standard InChI is InChI=1S/C21H18F4N2O6S/c1-10-2-5-16(11(6-10)8-26-20(30)21(22,23)24)34(31,32)27(25)15-4-3-13-14-7-12(14)9-33-18(13)17(15)19(28)29/h2-6,12,14H,7-9H2,1H3,(H,26,30)(H,28,29)/t12-,14-/m0/s1. The number of fused-ring (bicyclic) bond motifs is 3. The fourth-order valence-corrected chi connectivity index (χ4v) is 5.27. The van der Waals surface area contributed by atoms with E-state index in [1.807, 2.05) is 0 Å². The third-order valence-electron chi connectivity index (χ3n) is 5.74. The first-order valence-electron chi connectivity index (χ1n) is 10.0. The predicted octanol–water partition coefficient (Wildman–Crippen LogP) is 3.45. The van der Waals surface area contributed by atoms with Crippen molar-refractivity contribution in [2.24, 2.45) is 5.92 Å². The smallest absolute Gasteiger partial charge is 0.471 e. The van der Waals surface area contributed by atoms with Crippen LogP contribution in [0.15, 0.2) is 35.2 Å². The van der Waals surface area contributed by atoms with Gasteiger partial charge in [0.2, 0.25) is 0 Å². The summed E-state index contributed by atoms with van der Waals surface area (Å²) in [6, 6.07) is 5.86. The molecule has 0 bridgehead atoms. The van der Waals surface area contributed by atoms with Gasteiger partial charge >= 0.3 is 18.1 Å². The van der Waals surface area contributed by atoms with Gasteiger partial charge in [0.1, 0.15) is 17.0 Å². The topological polar surface area (TPSA) is 113 Å². The number of aryl methyl sites for hydroxylation is 1. The molecule has 1 amide bonds. The molecule has 2 N–H and O–H groups in total. The molecule has 1 heterocycles. The monoisotopic (exact) mass is 502 g/mol. The van der Waals surface area contributed by atoms with Gasteiger partial charge in [-0.25, -0.2) is 4.79 Å². The van der Waals surface area contributed by atoms with Crippen LogP contribution >= 0.6 is 0 Å². The molecule has 0 aromatic heterocycles. The molecule has 1 saturated carbocycles. The van der Waals surface area contributed by atoms with Gasteiger partial charge in [-0.15, -0.1) is 0 Å². The van der Waals surface area contributed by atoms with E-state index >= 15 is 4.48 Å². The minimum absolute atomic E-state index is 0.0570. The van der Waals surface area contributed by atoms with Crippen molar-refractivity contribution in [3.05, 3.63) is 52.6 Å². The summed E-state index contributed by atoms with van der Waals surface area (Å²) in [6.07, 6.45) is -4.42. The number of benzene rings is 2. The second-order valence-electron chi connectivity index (χ2n) is 8.11. The van der Waals surface area contributed by atoms with E-state index in [2.05, 4.69) is 0 Å². The van der Waals surface area contributed by atoms with Crippen molar-refractivity contribution < 1.29 is 45.5 Å². The van der Waals surface area contributed by atoms with Gasteiger partial charge < -0.3 is 15.2 Å². The van der Waals surface area contributed by atoms with Gasteiger partial charge in [0, 0.05) is 12.5 Å². The molecule has 34 heavy (non-hydrogen) atoms. The van der Waals surface area contributed by atoms with Crippen LogP contribution in [0.2, 0.25) is 0 Å².